The van der Waals surface area contributed by atoms with Crippen molar-refractivity contribution in [2.45, 2.75) is 13.3 Å². The number of hydrogen-bond donors (Lipinski definition) is 0. The van der Waals surface area contributed by atoms with E-state index in [2.05, 4.69) is 73.7 Å². The molecule has 0 saturated carbocycles. The molecule has 0 nitrogen and oxygen atoms in total. The van der Waals surface area contributed by atoms with Crippen LogP contribution in [0, 0.1) is 0 Å². The Morgan fingerprint density at radius 1 is 0.750 bits per heavy atom. The smallest absolute Gasteiger partial charge is 0.00266 e. The molecule has 20 heavy (non-hydrogen) atoms. The molecule has 0 N–H and O–H groups in total. The largest absolute Gasteiger partial charge is 0.0913 e. The first-order valence-electron chi connectivity index (χ1n) is 7.14. The van der Waals surface area contributed by atoms with Crippen LogP contribution in [0.25, 0.3) is 32.3 Å². The van der Waals surface area contributed by atoms with Crippen LogP contribution < -0.4 is 0 Å². The van der Waals surface area contributed by atoms with Gasteiger partial charge in [0, 0.05) is 0 Å². The molecule has 0 heteroatoms. The third kappa shape index (κ3) is 1.61. The normalized spacial score (nSPS) is 12.2. The average Bonchev–Trinajstić information content (AvgIpc) is 2.50. The minimum absolute atomic E-state index is 1.01. The SMILES string of the molecule is C/C=C/Cc1cc2ccc3cccc4ccc(c1)c2c34. The van der Waals surface area contributed by atoms with Gasteiger partial charge in [0.2, 0.25) is 0 Å². The molecule has 0 atom stereocenters. The Morgan fingerprint density at radius 3 is 1.90 bits per heavy atom. The molecule has 0 saturated heterocycles. The molecule has 0 fully saturated rings. The summed E-state index contributed by atoms with van der Waals surface area (Å²) in [4.78, 5) is 0. The predicted molar refractivity (Wildman–Crippen MR) is 88.7 cm³/mol. The fraction of sp³-hybridized carbons (Fsp3) is 0.100. The zero-order valence-electron chi connectivity index (χ0n) is 11.6. The highest BCUT2D eigenvalue weighted by Crippen LogP contribution is 2.35. The number of allylic oxidation sites excluding steroid dienone is 2. The van der Waals surface area contributed by atoms with Crippen LogP contribution in [0.4, 0.5) is 0 Å². The van der Waals surface area contributed by atoms with Crippen molar-refractivity contribution < 1.29 is 0 Å². The number of rotatable bonds is 2. The van der Waals surface area contributed by atoms with Gasteiger partial charge in [-0.25, -0.2) is 0 Å². The van der Waals surface area contributed by atoms with Crippen LogP contribution in [0.2, 0.25) is 0 Å². The fourth-order valence-corrected chi connectivity index (χ4v) is 3.19. The second-order valence-electron chi connectivity index (χ2n) is 5.40. The summed E-state index contributed by atoms with van der Waals surface area (Å²) >= 11 is 0. The highest BCUT2D eigenvalue weighted by Gasteiger charge is 2.08. The Morgan fingerprint density at radius 2 is 1.30 bits per heavy atom. The van der Waals surface area contributed by atoms with Gasteiger partial charge in [-0.3, -0.25) is 0 Å². The van der Waals surface area contributed by atoms with Crippen molar-refractivity contribution in [3.63, 3.8) is 0 Å². The lowest BCUT2D eigenvalue weighted by Gasteiger charge is -2.11. The summed E-state index contributed by atoms with van der Waals surface area (Å²) < 4.78 is 0. The lowest BCUT2D eigenvalue weighted by molar-refractivity contribution is 1.28. The molecule has 0 aliphatic heterocycles. The molecule has 0 aromatic heterocycles. The molecule has 0 heterocycles. The average molecular weight is 256 g/mol. The zero-order chi connectivity index (χ0) is 13.5. The minimum Gasteiger partial charge on any atom is -0.0913 e. The predicted octanol–water partition coefficient (Wildman–Crippen LogP) is 5.70. The van der Waals surface area contributed by atoms with E-state index in [0.29, 0.717) is 0 Å². The van der Waals surface area contributed by atoms with E-state index < -0.39 is 0 Å². The van der Waals surface area contributed by atoms with Crippen molar-refractivity contribution in [2.24, 2.45) is 0 Å². The molecule has 0 spiro atoms. The first kappa shape index (κ1) is 11.5. The van der Waals surface area contributed by atoms with Gasteiger partial charge in [0.15, 0.2) is 0 Å². The maximum absolute atomic E-state index is 2.33. The van der Waals surface area contributed by atoms with Gasteiger partial charge in [0.25, 0.3) is 0 Å². The molecule has 0 unspecified atom stereocenters. The van der Waals surface area contributed by atoms with Crippen LogP contribution in [0.1, 0.15) is 12.5 Å². The van der Waals surface area contributed by atoms with E-state index in [9.17, 15) is 0 Å². The van der Waals surface area contributed by atoms with Crippen molar-refractivity contribution in [2.75, 3.05) is 0 Å². The highest BCUT2D eigenvalue weighted by atomic mass is 14.1. The Kier molecular flexibility index (Phi) is 2.50. The van der Waals surface area contributed by atoms with E-state index in [1.165, 1.54) is 37.9 Å². The topological polar surface area (TPSA) is 0 Å². The van der Waals surface area contributed by atoms with Crippen molar-refractivity contribution in [1.29, 1.82) is 0 Å². The van der Waals surface area contributed by atoms with E-state index in [1.807, 2.05) is 0 Å². The van der Waals surface area contributed by atoms with Gasteiger partial charge in [-0.1, -0.05) is 66.7 Å². The van der Waals surface area contributed by atoms with E-state index >= 15 is 0 Å². The van der Waals surface area contributed by atoms with Gasteiger partial charge in [-0.2, -0.15) is 0 Å². The van der Waals surface area contributed by atoms with E-state index in [0.717, 1.165) is 6.42 Å². The van der Waals surface area contributed by atoms with Gasteiger partial charge in [-0.15, -0.1) is 0 Å². The van der Waals surface area contributed by atoms with Crippen molar-refractivity contribution in [3.8, 4) is 0 Å². The lowest BCUT2D eigenvalue weighted by atomic mass is 9.92. The molecular weight excluding hydrogens is 240 g/mol. The summed E-state index contributed by atoms with van der Waals surface area (Å²) in [5.41, 5.74) is 1.38. The van der Waals surface area contributed by atoms with Gasteiger partial charge in [-0.05, 0) is 51.2 Å². The number of benzene rings is 4. The van der Waals surface area contributed by atoms with Crippen molar-refractivity contribution in [1.82, 2.24) is 0 Å². The number of hydrogen-bond acceptors (Lipinski definition) is 0. The molecule has 0 amide bonds. The van der Waals surface area contributed by atoms with Gasteiger partial charge < -0.3 is 0 Å². The first-order valence-corrected chi connectivity index (χ1v) is 7.14. The summed E-state index contributed by atoms with van der Waals surface area (Å²) in [6, 6.07) is 20.2. The molecule has 0 radical (unpaired) electrons. The third-order valence-electron chi connectivity index (χ3n) is 4.11. The van der Waals surface area contributed by atoms with Crippen LogP contribution >= 0.6 is 0 Å². The maximum atomic E-state index is 2.33. The summed E-state index contributed by atoms with van der Waals surface area (Å²) in [5.74, 6) is 0. The van der Waals surface area contributed by atoms with E-state index in [1.54, 1.807) is 0 Å². The molecular formula is C20H16. The van der Waals surface area contributed by atoms with Crippen molar-refractivity contribution in [3.05, 3.63) is 72.3 Å². The van der Waals surface area contributed by atoms with Crippen LogP contribution in [0.5, 0.6) is 0 Å². The van der Waals surface area contributed by atoms with Crippen LogP contribution in [-0.4, -0.2) is 0 Å². The standard InChI is InChI=1S/C20H16/c1-2-3-5-14-12-17-10-8-15-6-4-7-16-9-11-18(13-14)20(17)19(15)16/h2-4,6-13H,5H2,1H3/b3-2+. The molecule has 96 valence electrons. The molecule has 0 bridgehead atoms. The van der Waals surface area contributed by atoms with E-state index in [4.69, 9.17) is 0 Å². The van der Waals surface area contributed by atoms with Gasteiger partial charge >= 0.3 is 0 Å². The Bertz CT molecular complexity index is 865. The molecule has 4 aromatic carbocycles. The van der Waals surface area contributed by atoms with Gasteiger partial charge in [0.05, 0.1) is 0 Å². The molecule has 0 aliphatic rings. The maximum Gasteiger partial charge on any atom is -0.00266 e. The quantitative estimate of drug-likeness (QED) is 0.318. The zero-order valence-corrected chi connectivity index (χ0v) is 11.6. The Balaban J connectivity index is 2.13. The lowest BCUT2D eigenvalue weighted by Crippen LogP contribution is -1.87. The first-order chi connectivity index (χ1) is 9.86. The second-order valence-corrected chi connectivity index (χ2v) is 5.40. The Hall–Kier alpha value is -2.34. The van der Waals surface area contributed by atoms with Crippen LogP contribution in [0.15, 0.2) is 66.7 Å². The summed E-state index contributed by atoms with van der Waals surface area (Å²) in [6.45, 7) is 2.07. The Labute approximate surface area is 118 Å². The molecule has 0 aliphatic carbocycles. The summed E-state index contributed by atoms with van der Waals surface area (Å²) in [6.07, 6.45) is 5.34. The summed E-state index contributed by atoms with van der Waals surface area (Å²) in [5, 5.41) is 8.19. The minimum atomic E-state index is 1.01. The summed E-state index contributed by atoms with van der Waals surface area (Å²) in [7, 11) is 0. The second kappa shape index (κ2) is 4.35. The molecule has 4 rings (SSSR count). The van der Waals surface area contributed by atoms with Crippen LogP contribution in [0.3, 0.4) is 0 Å². The van der Waals surface area contributed by atoms with Crippen LogP contribution in [-0.2, 0) is 6.42 Å². The molecule has 4 aromatic rings. The fourth-order valence-electron chi connectivity index (χ4n) is 3.19. The monoisotopic (exact) mass is 256 g/mol. The highest BCUT2D eigenvalue weighted by molar-refractivity contribution is 6.23. The third-order valence-corrected chi connectivity index (χ3v) is 4.11. The van der Waals surface area contributed by atoms with Gasteiger partial charge in [0.1, 0.15) is 0 Å². The van der Waals surface area contributed by atoms with Crippen molar-refractivity contribution >= 4 is 32.3 Å². The van der Waals surface area contributed by atoms with E-state index in [-0.39, 0.29) is 0 Å².